The molecule has 0 aliphatic heterocycles. The van der Waals surface area contributed by atoms with Crippen LogP contribution in [0.25, 0.3) is 0 Å². The van der Waals surface area contributed by atoms with Gasteiger partial charge in [-0.2, -0.15) is 10.4 Å². The lowest BCUT2D eigenvalue weighted by Crippen LogP contribution is -2.22. The zero-order valence-electron chi connectivity index (χ0n) is 18.6. The Morgan fingerprint density at radius 1 is 1.21 bits per heavy atom. The Hall–Kier alpha value is -3.71. The molecule has 176 valence electrons. The Bertz CT molecular complexity index is 1300. The molecule has 10 heteroatoms. The molecule has 0 radical (unpaired) electrons. The van der Waals surface area contributed by atoms with E-state index < -0.39 is 15.7 Å². The monoisotopic (exact) mass is 478 g/mol. The fourth-order valence-corrected chi connectivity index (χ4v) is 5.50. The number of aryl methyl sites for hydroxylation is 1. The van der Waals surface area contributed by atoms with Crippen LogP contribution >= 0.6 is 0 Å². The highest BCUT2D eigenvalue weighted by molar-refractivity contribution is 7.91. The molecule has 3 aromatic rings. The van der Waals surface area contributed by atoms with Crippen molar-refractivity contribution in [1.82, 2.24) is 14.8 Å². The minimum atomic E-state index is -3.47. The normalized spacial score (nSPS) is 18.2. The lowest BCUT2D eigenvalue weighted by atomic mass is 9.85. The third-order valence-electron chi connectivity index (χ3n) is 6.09. The summed E-state index contributed by atoms with van der Waals surface area (Å²) in [6, 6.07) is 12.1. The highest BCUT2D eigenvalue weighted by Crippen LogP contribution is 2.34. The van der Waals surface area contributed by atoms with Crippen LogP contribution < -0.4 is 11.1 Å². The van der Waals surface area contributed by atoms with Crippen molar-refractivity contribution in [3.05, 3.63) is 66.1 Å². The van der Waals surface area contributed by atoms with Gasteiger partial charge in [0.05, 0.1) is 28.7 Å². The minimum absolute atomic E-state index is 0.0247. The number of nitriles is 1. The van der Waals surface area contributed by atoms with Crippen molar-refractivity contribution in [3.8, 4) is 6.07 Å². The number of nitrogens with one attached hydrogen (secondary N) is 1. The number of primary amides is 1. The van der Waals surface area contributed by atoms with E-state index in [1.165, 1.54) is 12.1 Å². The molecule has 1 amide bonds. The van der Waals surface area contributed by atoms with E-state index in [1.54, 1.807) is 41.5 Å². The van der Waals surface area contributed by atoms with Gasteiger partial charge in [0, 0.05) is 24.3 Å². The maximum Gasteiger partial charge on any atom is 0.254 e. The van der Waals surface area contributed by atoms with Gasteiger partial charge >= 0.3 is 0 Å². The summed E-state index contributed by atoms with van der Waals surface area (Å²) in [6.45, 7) is 0. The highest BCUT2D eigenvalue weighted by Gasteiger charge is 2.29. The molecule has 2 atom stereocenters. The van der Waals surface area contributed by atoms with Crippen molar-refractivity contribution < 1.29 is 13.2 Å². The van der Waals surface area contributed by atoms with Gasteiger partial charge in [-0.15, -0.1) is 0 Å². The summed E-state index contributed by atoms with van der Waals surface area (Å²) in [6.07, 6.45) is 8.87. The van der Waals surface area contributed by atoms with Crippen LogP contribution in [0, 0.1) is 17.2 Å². The van der Waals surface area contributed by atoms with E-state index in [2.05, 4.69) is 21.5 Å². The number of carbonyl (C=O) groups excluding carboxylic acids is 1. The third kappa shape index (κ3) is 5.26. The second-order valence-electron chi connectivity index (χ2n) is 8.40. The van der Waals surface area contributed by atoms with Crippen LogP contribution in [0.3, 0.4) is 0 Å². The maximum atomic E-state index is 12.7. The summed E-state index contributed by atoms with van der Waals surface area (Å²) in [7, 11) is -3.47. The molecule has 34 heavy (non-hydrogen) atoms. The molecule has 0 spiro atoms. The molecule has 1 aliphatic carbocycles. The van der Waals surface area contributed by atoms with E-state index in [0.717, 1.165) is 31.2 Å². The second-order valence-corrected chi connectivity index (χ2v) is 10.5. The standard InChI is InChI=1S/C24H26N6O3S/c25-14-18-5-1-2-6-22(18)30-16-21(23(26)31)24(29-30)28-19-7-9-20(10-8-19)34(32,33)13-11-17-4-3-12-27-15-17/h3-4,7-10,12,15-16,18,22H,1-2,5-6,11,13H2,(H2,26,31)(H,28,29)/t18-,22+/m1/s1. The average Bonchev–Trinajstić information content (AvgIpc) is 3.28. The number of rotatable bonds is 8. The van der Waals surface area contributed by atoms with E-state index in [-0.39, 0.29) is 34.0 Å². The van der Waals surface area contributed by atoms with Crippen LogP contribution in [-0.4, -0.2) is 34.8 Å². The van der Waals surface area contributed by atoms with Gasteiger partial charge in [0.2, 0.25) is 0 Å². The number of nitrogens with two attached hydrogens (primary N) is 1. The Kier molecular flexibility index (Phi) is 6.93. The molecule has 4 rings (SSSR count). The van der Waals surface area contributed by atoms with E-state index in [4.69, 9.17) is 5.73 Å². The molecule has 2 heterocycles. The molecule has 1 aromatic carbocycles. The van der Waals surface area contributed by atoms with Crippen LogP contribution in [0.5, 0.6) is 0 Å². The molecule has 1 aliphatic rings. The second kappa shape index (κ2) is 10.1. The molecule has 2 aromatic heterocycles. The number of carbonyl (C=O) groups is 1. The largest absolute Gasteiger partial charge is 0.365 e. The summed E-state index contributed by atoms with van der Waals surface area (Å²) < 4.78 is 27.1. The number of hydrogen-bond acceptors (Lipinski definition) is 7. The topological polar surface area (TPSA) is 144 Å². The highest BCUT2D eigenvalue weighted by atomic mass is 32.2. The Morgan fingerprint density at radius 3 is 2.65 bits per heavy atom. The molecule has 0 saturated heterocycles. The van der Waals surface area contributed by atoms with Crippen molar-refractivity contribution in [2.45, 2.75) is 43.0 Å². The summed E-state index contributed by atoms with van der Waals surface area (Å²) in [4.78, 5) is 16.2. The number of amides is 1. The van der Waals surface area contributed by atoms with E-state index >= 15 is 0 Å². The first-order valence-electron chi connectivity index (χ1n) is 11.1. The fraction of sp³-hybridized carbons (Fsp3) is 0.333. The quantitative estimate of drug-likeness (QED) is 0.505. The summed E-state index contributed by atoms with van der Waals surface area (Å²) in [5.74, 6) is -0.545. The van der Waals surface area contributed by atoms with Gasteiger partial charge < -0.3 is 11.1 Å². The first-order valence-corrected chi connectivity index (χ1v) is 12.8. The van der Waals surface area contributed by atoms with Crippen molar-refractivity contribution in [2.24, 2.45) is 11.7 Å². The Balaban J connectivity index is 1.50. The van der Waals surface area contributed by atoms with Crippen molar-refractivity contribution in [3.63, 3.8) is 0 Å². The van der Waals surface area contributed by atoms with Gasteiger partial charge in [0.1, 0.15) is 5.56 Å². The fourth-order valence-electron chi connectivity index (χ4n) is 4.21. The number of aromatic nitrogens is 3. The van der Waals surface area contributed by atoms with Gasteiger partial charge in [-0.25, -0.2) is 8.42 Å². The smallest absolute Gasteiger partial charge is 0.254 e. The molecular weight excluding hydrogens is 452 g/mol. The van der Waals surface area contributed by atoms with E-state index in [9.17, 15) is 18.5 Å². The number of sulfone groups is 1. The molecule has 1 saturated carbocycles. The van der Waals surface area contributed by atoms with E-state index in [1.807, 2.05) is 6.07 Å². The van der Waals surface area contributed by atoms with Crippen molar-refractivity contribution in [1.29, 1.82) is 5.26 Å². The minimum Gasteiger partial charge on any atom is -0.365 e. The van der Waals surface area contributed by atoms with Crippen molar-refractivity contribution in [2.75, 3.05) is 11.1 Å². The van der Waals surface area contributed by atoms with Gasteiger partial charge in [-0.3, -0.25) is 14.5 Å². The Labute approximate surface area is 198 Å². The van der Waals surface area contributed by atoms with Crippen molar-refractivity contribution >= 4 is 27.2 Å². The van der Waals surface area contributed by atoms with Crippen LogP contribution in [-0.2, 0) is 16.3 Å². The molecule has 0 bridgehead atoms. The summed E-state index contributed by atoms with van der Waals surface area (Å²) in [5.41, 5.74) is 7.20. The van der Waals surface area contributed by atoms with Crippen LogP contribution in [0.1, 0.15) is 47.6 Å². The van der Waals surface area contributed by atoms with Gasteiger partial charge in [0.15, 0.2) is 15.7 Å². The van der Waals surface area contributed by atoms with Crippen LogP contribution in [0.2, 0.25) is 0 Å². The SMILES string of the molecule is N#C[C@H]1CCCC[C@@H]1n1cc(C(N)=O)c(Nc2ccc(S(=O)(=O)CCc3cccnc3)cc2)n1. The molecule has 9 nitrogen and oxygen atoms in total. The van der Waals surface area contributed by atoms with E-state index in [0.29, 0.717) is 12.1 Å². The third-order valence-corrected chi connectivity index (χ3v) is 7.82. The number of anilines is 2. The number of pyridine rings is 1. The molecule has 0 unspecified atom stereocenters. The lowest BCUT2D eigenvalue weighted by Gasteiger charge is -2.26. The van der Waals surface area contributed by atoms with Gasteiger partial charge in [-0.1, -0.05) is 18.9 Å². The predicted molar refractivity (Wildman–Crippen MR) is 127 cm³/mol. The average molecular weight is 479 g/mol. The molecular formula is C24H26N6O3S. The maximum absolute atomic E-state index is 12.7. The molecule has 1 fully saturated rings. The Morgan fingerprint density at radius 2 is 1.97 bits per heavy atom. The first-order chi connectivity index (χ1) is 16.4. The van der Waals surface area contributed by atoms with Crippen LogP contribution in [0.4, 0.5) is 11.5 Å². The van der Waals surface area contributed by atoms with Gasteiger partial charge in [0.25, 0.3) is 5.91 Å². The zero-order chi connectivity index (χ0) is 24.1. The predicted octanol–water partition coefficient (Wildman–Crippen LogP) is 3.39. The number of benzene rings is 1. The molecule has 3 N–H and O–H groups in total. The van der Waals surface area contributed by atoms with Crippen LogP contribution in [0.15, 0.2) is 59.9 Å². The lowest BCUT2D eigenvalue weighted by molar-refractivity contribution is 0.100. The van der Waals surface area contributed by atoms with Gasteiger partial charge in [-0.05, 0) is 55.2 Å². The number of nitrogens with zero attached hydrogens (tertiary/aromatic N) is 4. The summed E-state index contributed by atoms with van der Waals surface area (Å²) >= 11 is 0. The summed E-state index contributed by atoms with van der Waals surface area (Å²) in [5, 5.41) is 17.1. The first kappa shape index (κ1) is 23.4. The number of hydrogen-bond donors (Lipinski definition) is 2. The zero-order valence-corrected chi connectivity index (χ0v) is 19.4.